The lowest BCUT2D eigenvalue weighted by molar-refractivity contribution is 0.337. The third-order valence-electron chi connectivity index (χ3n) is 2.54. The zero-order valence-corrected chi connectivity index (χ0v) is 11.0. The molecule has 0 saturated carbocycles. The summed E-state index contributed by atoms with van der Waals surface area (Å²) in [6.07, 6.45) is 10.4. The molecule has 0 amide bonds. The van der Waals surface area contributed by atoms with Gasteiger partial charge in [0.25, 0.3) is 0 Å². The van der Waals surface area contributed by atoms with E-state index >= 15 is 0 Å². The molecule has 0 rings (SSSR count). The molecule has 0 saturated heterocycles. The van der Waals surface area contributed by atoms with Gasteiger partial charge < -0.3 is 0 Å². The molecular formula is C12H24BrF. The summed E-state index contributed by atoms with van der Waals surface area (Å²) in [6, 6.07) is 0. The Morgan fingerprint density at radius 2 is 1.43 bits per heavy atom. The van der Waals surface area contributed by atoms with Crippen LogP contribution in [0.25, 0.3) is 0 Å². The van der Waals surface area contributed by atoms with Crippen molar-refractivity contribution in [1.82, 2.24) is 0 Å². The summed E-state index contributed by atoms with van der Waals surface area (Å²) in [6.45, 7) is 2.24. The Labute approximate surface area is 96.8 Å². The van der Waals surface area contributed by atoms with Crippen LogP contribution in [0.1, 0.15) is 64.7 Å². The molecule has 0 fully saturated rings. The first-order valence-electron chi connectivity index (χ1n) is 6.01. The molecule has 0 aromatic carbocycles. The van der Waals surface area contributed by atoms with Gasteiger partial charge in [-0.3, -0.25) is 0 Å². The average Bonchev–Trinajstić information content (AvgIpc) is 2.21. The first-order chi connectivity index (χ1) is 6.81. The highest BCUT2D eigenvalue weighted by Gasteiger charge is 2.02. The van der Waals surface area contributed by atoms with Crippen LogP contribution in [0.4, 0.5) is 4.39 Å². The largest absolute Gasteiger partial charge is 0.247 e. The molecule has 0 bridgehead atoms. The van der Waals surface area contributed by atoms with E-state index in [0.29, 0.717) is 5.33 Å². The van der Waals surface area contributed by atoms with Gasteiger partial charge in [-0.2, -0.15) is 0 Å². The third kappa shape index (κ3) is 10.5. The molecule has 2 heteroatoms. The van der Waals surface area contributed by atoms with Crippen LogP contribution in [-0.2, 0) is 0 Å². The Balaban J connectivity index is 2.92. The van der Waals surface area contributed by atoms with Crippen molar-refractivity contribution in [2.24, 2.45) is 0 Å². The molecule has 86 valence electrons. The summed E-state index contributed by atoms with van der Waals surface area (Å²) < 4.78 is 12.8. The van der Waals surface area contributed by atoms with Crippen LogP contribution in [-0.4, -0.2) is 11.5 Å². The van der Waals surface area contributed by atoms with Crippen molar-refractivity contribution < 1.29 is 4.39 Å². The molecule has 1 unspecified atom stereocenters. The minimum Gasteiger partial charge on any atom is -0.247 e. The van der Waals surface area contributed by atoms with E-state index < -0.39 is 6.17 Å². The number of rotatable bonds is 10. The lowest BCUT2D eigenvalue weighted by atomic mass is 10.1. The van der Waals surface area contributed by atoms with Crippen molar-refractivity contribution in [3.05, 3.63) is 0 Å². The highest BCUT2D eigenvalue weighted by atomic mass is 79.9. The fourth-order valence-electron chi connectivity index (χ4n) is 1.58. The summed E-state index contributed by atoms with van der Waals surface area (Å²) in [5.41, 5.74) is 0. The topological polar surface area (TPSA) is 0 Å². The fourth-order valence-corrected chi connectivity index (χ4v) is 1.90. The minimum absolute atomic E-state index is 0.503. The summed E-state index contributed by atoms with van der Waals surface area (Å²) in [4.78, 5) is 0. The SMILES string of the molecule is CCCCCCCCCCC(F)CBr. The fraction of sp³-hybridized carbons (Fsp3) is 1.00. The van der Waals surface area contributed by atoms with Crippen molar-refractivity contribution in [3.63, 3.8) is 0 Å². The smallest absolute Gasteiger partial charge is 0.110 e. The molecule has 0 N–H and O–H groups in total. The van der Waals surface area contributed by atoms with Gasteiger partial charge in [-0.25, -0.2) is 4.39 Å². The van der Waals surface area contributed by atoms with Crippen LogP contribution in [0.2, 0.25) is 0 Å². The van der Waals surface area contributed by atoms with Gasteiger partial charge in [-0.15, -0.1) is 0 Å². The Hall–Kier alpha value is 0.410. The predicted octanol–water partition coefficient (Wildman–Crippen LogP) is 5.25. The van der Waals surface area contributed by atoms with Crippen LogP contribution >= 0.6 is 15.9 Å². The van der Waals surface area contributed by atoms with E-state index in [1.54, 1.807) is 0 Å². The zero-order chi connectivity index (χ0) is 10.6. The third-order valence-corrected chi connectivity index (χ3v) is 3.24. The Bertz CT molecular complexity index is 106. The quantitative estimate of drug-likeness (QED) is 0.374. The molecule has 0 heterocycles. The van der Waals surface area contributed by atoms with E-state index in [1.807, 2.05) is 0 Å². The van der Waals surface area contributed by atoms with Gasteiger partial charge in [0.1, 0.15) is 6.17 Å². The van der Waals surface area contributed by atoms with Gasteiger partial charge in [0, 0.05) is 5.33 Å². The second kappa shape index (κ2) is 11.5. The van der Waals surface area contributed by atoms with Gasteiger partial charge >= 0.3 is 0 Å². The zero-order valence-electron chi connectivity index (χ0n) is 9.40. The van der Waals surface area contributed by atoms with Gasteiger partial charge in [0.05, 0.1) is 0 Å². The highest BCUT2D eigenvalue weighted by Crippen LogP contribution is 2.12. The van der Waals surface area contributed by atoms with Crippen molar-refractivity contribution in [2.45, 2.75) is 70.9 Å². The summed E-state index contributed by atoms with van der Waals surface area (Å²) >= 11 is 3.15. The summed E-state index contributed by atoms with van der Waals surface area (Å²) in [5.74, 6) is 0. The molecule has 1 atom stereocenters. The average molecular weight is 267 g/mol. The van der Waals surface area contributed by atoms with E-state index in [9.17, 15) is 4.39 Å². The van der Waals surface area contributed by atoms with Crippen molar-refractivity contribution in [3.8, 4) is 0 Å². The molecule has 0 radical (unpaired) electrons. The minimum atomic E-state index is -0.630. The Morgan fingerprint density at radius 3 is 1.93 bits per heavy atom. The molecule has 0 aliphatic carbocycles. The lowest BCUT2D eigenvalue weighted by Crippen LogP contribution is -2.00. The van der Waals surface area contributed by atoms with Crippen LogP contribution in [0.5, 0.6) is 0 Å². The van der Waals surface area contributed by atoms with E-state index in [2.05, 4.69) is 22.9 Å². The van der Waals surface area contributed by atoms with Crippen molar-refractivity contribution in [2.75, 3.05) is 5.33 Å². The van der Waals surface area contributed by atoms with Gasteiger partial charge in [-0.1, -0.05) is 74.2 Å². The van der Waals surface area contributed by atoms with E-state index in [1.165, 1.54) is 44.9 Å². The Morgan fingerprint density at radius 1 is 0.929 bits per heavy atom. The van der Waals surface area contributed by atoms with Crippen LogP contribution in [0.3, 0.4) is 0 Å². The summed E-state index contributed by atoms with van der Waals surface area (Å²) in [5, 5.41) is 0.503. The second-order valence-electron chi connectivity index (χ2n) is 4.02. The predicted molar refractivity (Wildman–Crippen MR) is 65.9 cm³/mol. The molecular weight excluding hydrogens is 243 g/mol. The number of hydrogen-bond acceptors (Lipinski definition) is 0. The monoisotopic (exact) mass is 266 g/mol. The van der Waals surface area contributed by atoms with Crippen molar-refractivity contribution >= 4 is 15.9 Å². The van der Waals surface area contributed by atoms with E-state index in [4.69, 9.17) is 0 Å². The maximum atomic E-state index is 12.8. The molecule has 0 aliphatic heterocycles. The second-order valence-corrected chi connectivity index (χ2v) is 4.66. The molecule has 0 aromatic rings. The van der Waals surface area contributed by atoms with Crippen LogP contribution in [0.15, 0.2) is 0 Å². The van der Waals surface area contributed by atoms with Crippen molar-refractivity contribution in [1.29, 1.82) is 0 Å². The Kier molecular flexibility index (Phi) is 11.8. The molecule has 0 aromatic heterocycles. The van der Waals surface area contributed by atoms with Crippen LogP contribution in [0, 0.1) is 0 Å². The van der Waals surface area contributed by atoms with Gasteiger partial charge in [0.15, 0.2) is 0 Å². The first-order valence-corrected chi connectivity index (χ1v) is 7.13. The number of unbranched alkanes of at least 4 members (excludes halogenated alkanes) is 7. The van der Waals surface area contributed by atoms with Crippen LogP contribution < -0.4 is 0 Å². The number of halogens is 2. The van der Waals surface area contributed by atoms with E-state index in [-0.39, 0.29) is 0 Å². The summed E-state index contributed by atoms with van der Waals surface area (Å²) in [7, 11) is 0. The highest BCUT2D eigenvalue weighted by molar-refractivity contribution is 9.09. The lowest BCUT2D eigenvalue weighted by Gasteiger charge is -2.03. The van der Waals surface area contributed by atoms with Gasteiger partial charge in [-0.05, 0) is 6.42 Å². The molecule has 0 aliphatic rings. The number of alkyl halides is 2. The molecule has 0 spiro atoms. The first kappa shape index (κ1) is 14.4. The van der Waals surface area contributed by atoms with Gasteiger partial charge in [0.2, 0.25) is 0 Å². The molecule has 0 nitrogen and oxygen atoms in total. The maximum absolute atomic E-state index is 12.8. The standard InChI is InChI=1S/C12H24BrF/c1-2-3-4-5-6-7-8-9-10-12(14)11-13/h12H,2-11H2,1H3. The number of hydrogen-bond donors (Lipinski definition) is 0. The normalized spacial score (nSPS) is 13.1. The maximum Gasteiger partial charge on any atom is 0.110 e. The molecule has 14 heavy (non-hydrogen) atoms. The van der Waals surface area contributed by atoms with E-state index in [0.717, 1.165) is 12.8 Å².